The van der Waals surface area contributed by atoms with Crippen LogP contribution in [-0.2, 0) is 21.4 Å². The molecule has 2 heterocycles. The fourth-order valence-electron chi connectivity index (χ4n) is 12.5. The molecule has 1 aromatic heterocycles. The van der Waals surface area contributed by atoms with Crippen LogP contribution in [0.2, 0.25) is 5.02 Å². The third-order valence-electron chi connectivity index (χ3n) is 14.0. The van der Waals surface area contributed by atoms with Crippen LogP contribution in [-0.4, -0.2) is 33.2 Å². The predicted molar refractivity (Wildman–Crippen MR) is 165 cm³/mol. The van der Waals surface area contributed by atoms with Crippen LogP contribution in [0, 0.1) is 39.9 Å². The largest absolute Gasteiger partial charge is 0.393 e. The minimum absolute atomic E-state index is 0.0892. The minimum atomic E-state index is -0.386. The summed E-state index contributed by atoms with van der Waals surface area (Å²) >= 11 is 6.51. The van der Waals surface area contributed by atoms with Gasteiger partial charge < -0.3 is 14.8 Å². The molecular weight excluding hydrogens is 530 g/mol. The lowest BCUT2D eigenvalue weighted by atomic mass is 9.35. The number of hydrogen-bond donors (Lipinski definition) is 2. The van der Waals surface area contributed by atoms with Gasteiger partial charge in [-0.2, -0.15) is 0 Å². The number of rotatable bonds is 1. The number of aromatic nitrogens is 1. The molecular formula is C36H50ClNO3. The number of Topliss-reactive ketones (excluding diaryl/α,β-unsaturated/α-hetero) is 1. The average Bonchev–Trinajstić information content (AvgIpc) is 3.40. The van der Waals surface area contributed by atoms with Crippen LogP contribution in [0.25, 0.3) is 10.9 Å². The third kappa shape index (κ3) is 3.56. The van der Waals surface area contributed by atoms with E-state index in [4.69, 9.17) is 16.3 Å². The van der Waals surface area contributed by atoms with E-state index in [2.05, 4.69) is 72.5 Å². The first-order chi connectivity index (χ1) is 19.0. The summed E-state index contributed by atoms with van der Waals surface area (Å²) in [4.78, 5) is 18.3. The van der Waals surface area contributed by atoms with Crippen LogP contribution in [0.1, 0.15) is 112 Å². The van der Waals surface area contributed by atoms with Crippen LogP contribution in [0.15, 0.2) is 18.2 Å². The lowest BCUT2D eigenvalue weighted by Crippen LogP contribution is -2.69. The summed E-state index contributed by atoms with van der Waals surface area (Å²) in [5.41, 5.74) is 2.37. The highest BCUT2D eigenvalue weighted by atomic mass is 35.5. The van der Waals surface area contributed by atoms with Gasteiger partial charge in [-0.15, -0.1) is 0 Å². The predicted octanol–water partition coefficient (Wildman–Crippen LogP) is 8.41. The molecule has 0 unspecified atom stereocenters. The number of hydrogen-bond acceptors (Lipinski definition) is 3. The van der Waals surface area contributed by atoms with Crippen molar-refractivity contribution in [1.82, 2.24) is 4.98 Å². The molecule has 2 N–H and O–H groups in total. The van der Waals surface area contributed by atoms with E-state index in [9.17, 15) is 9.90 Å². The Morgan fingerprint density at radius 3 is 2.41 bits per heavy atom. The van der Waals surface area contributed by atoms with E-state index < -0.39 is 0 Å². The van der Waals surface area contributed by atoms with Gasteiger partial charge in [-0.25, -0.2) is 0 Å². The number of aromatic amines is 1. The van der Waals surface area contributed by atoms with Gasteiger partial charge in [-0.3, -0.25) is 4.79 Å². The van der Waals surface area contributed by atoms with Crippen molar-refractivity contribution in [3.05, 3.63) is 34.5 Å². The molecule has 2 aromatic rings. The summed E-state index contributed by atoms with van der Waals surface area (Å²) in [5.74, 6) is 1.04. The first-order valence-corrected chi connectivity index (χ1v) is 16.6. The van der Waals surface area contributed by atoms with Gasteiger partial charge in [-0.05, 0) is 123 Å². The Bertz CT molecular complexity index is 1440. The highest BCUT2D eigenvalue weighted by molar-refractivity contribution is 6.31. The van der Waals surface area contributed by atoms with E-state index in [1.54, 1.807) is 0 Å². The van der Waals surface area contributed by atoms with Crippen molar-refractivity contribution in [2.75, 3.05) is 0 Å². The highest BCUT2D eigenvalue weighted by Gasteiger charge is 2.73. The normalized spacial score (nSPS) is 46.5. The van der Waals surface area contributed by atoms with Crippen LogP contribution >= 0.6 is 11.6 Å². The molecule has 1 aliphatic heterocycles. The molecule has 224 valence electrons. The Labute approximate surface area is 251 Å². The van der Waals surface area contributed by atoms with E-state index in [1.165, 1.54) is 23.1 Å². The Hall–Kier alpha value is -1.36. The number of aliphatic hydroxyl groups is 1. The molecule has 0 amide bonds. The second-order valence-corrected chi connectivity index (χ2v) is 17.5. The summed E-state index contributed by atoms with van der Waals surface area (Å²) in [6, 6.07) is 6.12. The van der Waals surface area contributed by atoms with Crippen LogP contribution in [0.5, 0.6) is 0 Å². The number of nitrogens with one attached hydrogen (secondary N) is 1. The molecule has 1 aromatic carbocycles. The smallest absolute Gasteiger partial charge is 0.138 e. The lowest BCUT2D eigenvalue weighted by Gasteiger charge is -2.69. The van der Waals surface area contributed by atoms with Gasteiger partial charge >= 0.3 is 0 Å². The number of ketones is 1. The summed E-state index contributed by atoms with van der Waals surface area (Å²) in [6.07, 6.45) is 7.26. The molecule has 41 heavy (non-hydrogen) atoms. The molecule has 9 atom stereocenters. The fourth-order valence-corrected chi connectivity index (χ4v) is 12.7. The van der Waals surface area contributed by atoms with Gasteiger partial charge in [-0.1, -0.05) is 46.2 Å². The minimum Gasteiger partial charge on any atom is -0.393 e. The van der Waals surface area contributed by atoms with Crippen molar-refractivity contribution in [2.24, 2.45) is 39.9 Å². The first-order valence-electron chi connectivity index (χ1n) is 16.2. The second kappa shape index (κ2) is 8.42. The number of H-pyrrole nitrogens is 1. The maximum atomic E-state index is 14.6. The summed E-state index contributed by atoms with van der Waals surface area (Å²) < 4.78 is 6.90. The van der Waals surface area contributed by atoms with E-state index in [0.29, 0.717) is 18.1 Å². The SMILES string of the molecule is CC1(C)CCC[C@](C)([C@H]2CC[C@]3(C)[C@@H]2[C@H](O)C[C@@H]2[C@@]4(C)Cc5c([nH]c6ccc(Cl)cc56)C(C)(C)[C@@H]4C(=O)C[C@]23C)O1. The summed E-state index contributed by atoms with van der Waals surface area (Å²) in [5, 5.41) is 14.2. The molecule has 0 spiro atoms. The Balaban J connectivity index is 1.33. The Morgan fingerprint density at radius 1 is 0.976 bits per heavy atom. The maximum Gasteiger partial charge on any atom is 0.138 e. The molecule has 4 nitrogen and oxygen atoms in total. The number of halogens is 1. The van der Waals surface area contributed by atoms with Crippen molar-refractivity contribution >= 4 is 28.3 Å². The lowest BCUT2D eigenvalue weighted by molar-refractivity contribution is -0.239. The number of fused-ring (bicyclic) bond motifs is 8. The maximum absolute atomic E-state index is 14.6. The molecule has 5 aliphatic rings. The molecule has 4 aliphatic carbocycles. The molecule has 1 saturated heterocycles. The van der Waals surface area contributed by atoms with E-state index in [1.807, 2.05) is 6.07 Å². The fraction of sp³-hybridized carbons (Fsp3) is 0.750. The van der Waals surface area contributed by atoms with Crippen LogP contribution in [0.3, 0.4) is 0 Å². The zero-order valence-corrected chi connectivity index (χ0v) is 27.2. The first kappa shape index (κ1) is 28.4. The van der Waals surface area contributed by atoms with Gasteiger partial charge in [0.15, 0.2) is 0 Å². The number of benzene rings is 1. The van der Waals surface area contributed by atoms with Crippen LogP contribution < -0.4 is 0 Å². The van der Waals surface area contributed by atoms with Crippen LogP contribution in [0.4, 0.5) is 0 Å². The van der Waals surface area contributed by atoms with Crippen molar-refractivity contribution < 1.29 is 14.6 Å². The van der Waals surface area contributed by atoms with Gasteiger partial charge in [0.25, 0.3) is 0 Å². The third-order valence-corrected chi connectivity index (χ3v) is 14.2. The molecule has 3 saturated carbocycles. The zero-order chi connectivity index (χ0) is 29.5. The monoisotopic (exact) mass is 579 g/mol. The van der Waals surface area contributed by atoms with Gasteiger partial charge in [0.05, 0.1) is 17.3 Å². The topological polar surface area (TPSA) is 62.3 Å². The van der Waals surface area contributed by atoms with Crippen molar-refractivity contribution in [2.45, 2.75) is 129 Å². The van der Waals surface area contributed by atoms with Crippen molar-refractivity contribution in [3.8, 4) is 0 Å². The van der Waals surface area contributed by atoms with Crippen molar-refractivity contribution in [1.29, 1.82) is 0 Å². The molecule has 7 rings (SSSR count). The van der Waals surface area contributed by atoms with E-state index >= 15 is 0 Å². The van der Waals surface area contributed by atoms with E-state index in [0.717, 1.165) is 49.1 Å². The highest BCUT2D eigenvalue weighted by Crippen LogP contribution is 2.75. The molecule has 4 fully saturated rings. The average molecular weight is 580 g/mol. The van der Waals surface area contributed by atoms with E-state index in [-0.39, 0.29) is 56.7 Å². The summed E-state index contributed by atoms with van der Waals surface area (Å²) in [6.45, 7) is 18.6. The second-order valence-electron chi connectivity index (χ2n) is 17.0. The molecule has 0 bridgehead atoms. The van der Waals surface area contributed by atoms with Crippen molar-refractivity contribution in [3.63, 3.8) is 0 Å². The summed E-state index contributed by atoms with van der Waals surface area (Å²) in [7, 11) is 0. The number of carbonyl (C=O) groups is 1. The van der Waals surface area contributed by atoms with Gasteiger partial charge in [0.2, 0.25) is 0 Å². The Kier molecular flexibility index (Phi) is 5.83. The Morgan fingerprint density at radius 2 is 1.71 bits per heavy atom. The van der Waals surface area contributed by atoms with Gasteiger partial charge in [0.1, 0.15) is 5.78 Å². The van der Waals surface area contributed by atoms with Gasteiger partial charge in [0, 0.05) is 39.4 Å². The number of carbonyl (C=O) groups excluding carboxylic acids is 1. The molecule has 5 heteroatoms. The zero-order valence-electron chi connectivity index (χ0n) is 26.4. The number of ether oxygens (including phenoxy) is 1. The quantitative estimate of drug-likeness (QED) is 0.356. The number of aliphatic hydroxyl groups excluding tert-OH is 1. The molecule has 0 radical (unpaired) electrons. The standard InChI is InChI=1S/C36H50ClNO3/c1-31(2)13-9-14-36(8,41-31)23-12-15-34(6)28(23)25(39)17-27-33(5)18-22-21-16-20(37)10-11-24(21)38-30(22)32(3,4)29(33)26(40)19-35(27,34)7/h10-11,16,23,25,27-29,38-39H,9,12-15,17-19H2,1-8H3/t23-,25+,27+,28-,29-,33+,34+,35+,36+/m0/s1.